The molecule has 6 heteroatoms. The highest BCUT2D eigenvalue weighted by Gasteiger charge is 2.47. The van der Waals surface area contributed by atoms with Gasteiger partial charge in [-0.1, -0.05) is 0 Å². The van der Waals surface area contributed by atoms with Crippen LogP contribution in [0.25, 0.3) is 0 Å². The number of hydrogen-bond donors (Lipinski definition) is 0. The number of tetrazole rings is 1. The van der Waals surface area contributed by atoms with Crippen LogP contribution in [-0.2, 0) is 0 Å². The van der Waals surface area contributed by atoms with Crippen LogP contribution in [0.4, 0.5) is 8.78 Å². The lowest BCUT2D eigenvalue weighted by Gasteiger charge is -2.33. The molecule has 1 aliphatic rings. The maximum absolute atomic E-state index is 12.3. The van der Waals surface area contributed by atoms with Gasteiger partial charge in [0.25, 0.3) is 5.92 Å². The van der Waals surface area contributed by atoms with Crippen LogP contribution in [0.1, 0.15) is 18.9 Å². The van der Waals surface area contributed by atoms with E-state index in [1.165, 1.54) is 11.1 Å². The molecule has 0 N–H and O–H groups in total. The molecule has 0 saturated heterocycles. The molecule has 60 valence electrons. The molecule has 0 aromatic carbocycles. The largest absolute Gasteiger partial charge is 0.252 e. The highest BCUT2D eigenvalue weighted by molar-refractivity contribution is 4.87. The van der Waals surface area contributed by atoms with Gasteiger partial charge in [0, 0.05) is 12.8 Å². The fourth-order valence-corrected chi connectivity index (χ4v) is 1.14. The summed E-state index contributed by atoms with van der Waals surface area (Å²) in [6, 6.07) is -0.257. The summed E-state index contributed by atoms with van der Waals surface area (Å²) in [7, 11) is 0. The smallest absolute Gasteiger partial charge is 0.207 e. The zero-order valence-corrected chi connectivity index (χ0v) is 5.61. The molecule has 1 aromatic rings. The Morgan fingerprint density at radius 1 is 1.45 bits per heavy atom. The van der Waals surface area contributed by atoms with Gasteiger partial charge in [-0.2, -0.15) is 4.80 Å². The average molecular weight is 160 g/mol. The zero-order chi connectivity index (χ0) is 7.90. The van der Waals surface area contributed by atoms with E-state index < -0.39 is 5.92 Å². The van der Waals surface area contributed by atoms with Crippen molar-refractivity contribution in [3.05, 3.63) is 6.33 Å². The minimum absolute atomic E-state index is 0.163. The molecule has 2 rings (SSSR count). The van der Waals surface area contributed by atoms with E-state index in [0.717, 1.165) is 0 Å². The number of aromatic nitrogens is 4. The van der Waals surface area contributed by atoms with E-state index >= 15 is 0 Å². The second-order valence-corrected chi connectivity index (χ2v) is 2.67. The number of halogens is 2. The minimum atomic E-state index is -2.52. The fraction of sp³-hybridized carbons (Fsp3) is 0.800. The Morgan fingerprint density at radius 3 is 2.64 bits per heavy atom. The first-order valence-electron chi connectivity index (χ1n) is 3.28. The van der Waals surface area contributed by atoms with Crippen LogP contribution in [0, 0.1) is 0 Å². The third-order valence-electron chi connectivity index (χ3n) is 1.76. The zero-order valence-electron chi connectivity index (χ0n) is 5.61. The van der Waals surface area contributed by atoms with E-state index in [1.807, 2.05) is 0 Å². The molecule has 1 heterocycles. The highest BCUT2D eigenvalue weighted by atomic mass is 19.3. The quantitative estimate of drug-likeness (QED) is 0.605. The van der Waals surface area contributed by atoms with Gasteiger partial charge in [-0.25, -0.2) is 8.78 Å². The fourth-order valence-electron chi connectivity index (χ4n) is 1.14. The van der Waals surface area contributed by atoms with Crippen LogP contribution in [0.15, 0.2) is 6.33 Å². The summed E-state index contributed by atoms with van der Waals surface area (Å²) < 4.78 is 24.6. The summed E-state index contributed by atoms with van der Waals surface area (Å²) >= 11 is 0. The number of hydrogen-bond acceptors (Lipinski definition) is 3. The minimum Gasteiger partial charge on any atom is -0.207 e. The Bertz CT molecular complexity index is 237. The maximum atomic E-state index is 12.3. The van der Waals surface area contributed by atoms with Gasteiger partial charge in [-0.15, -0.1) is 10.2 Å². The molecule has 11 heavy (non-hydrogen) atoms. The molecule has 0 radical (unpaired) electrons. The molecule has 0 bridgehead atoms. The summed E-state index contributed by atoms with van der Waals surface area (Å²) in [6.45, 7) is 0. The normalized spacial score (nSPS) is 23.1. The van der Waals surface area contributed by atoms with Crippen LogP contribution in [0.5, 0.6) is 0 Å². The summed E-state index contributed by atoms with van der Waals surface area (Å²) in [6.07, 6.45) is 0.920. The van der Waals surface area contributed by atoms with E-state index in [1.54, 1.807) is 0 Å². The molecule has 1 aliphatic carbocycles. The third kappa shape index (κ3) is 1.08. The molecular formula is C5H6F2N4. The first-order chi connectivity index (χ1) is 5.17. The molecule has 1 aromatic heterocycles. The first-order valence-corrected chi connectivity index (χ1v) is 3.28. The van der Waals surface area contributed by atoms with Crippen LogP contribution in [0.3, 0.4) is 0 Å². The van der Waals surface area contributed by atoms with Crippen molar-refractivity contribution in [1.82, 2.24) is 20.2 Å². The van der Waals surface area contributed by atoms with Gasteiger partial charge in [-0.05, 0) is 5.21 Å². The van der Waals surface area contributed by atoms with E-state index in [4.69, 9.17) is 0 Å². The van der Waals surface area contributed by atoms with Gasteiger partial charge >= 0.3 is 0 Å². The number of alkyl halides is 2. The van der Waals surface area contributed by atoms with Crippen LogP contribution < -0.4 is 0 Å². The third-order valence-corrected chi connectivity index (χ3v) is 1.76. The standard InChI is InChI=1S/C5H6F2N4/c6-5(7)1-4(2-5)11-9-3-8-10-11/h3-4H,1-2H2. The molecule has 0 aliphatic heterocycles. The van der Waals surface area contributed by atoms with Crippen molar-refractivity contribution in [2.75, 3.05) is 0 Å². The highest BCUT2D eigenvalue weighted by Crippen LogP contribution is 2.44. The molecule has 0 spiro atoms. The van der Waals surface area contributed by atoms with Crippen LogP contribution in [-0.4, -0.2) is 26.1 Å². The predicted molar refractivity (Wildman–Crippen MR) is 31.0 cm³/mol. The van der Waals surface area contributed by atoms with E-state index in [-0.39, 0.29) is 18.9 Å². The lowest BCUT2D eigenvalue weighted by molar-refractivity contribution is -0.110. The van der Waals surface area contributed by atoms with E-state index in [0.29, 0.717) is 0 Å². The molecule has 0 atom stereocenters. The maximum Gasteiger partial charge on any atom is 0.252 e. The second kappa shape index (κ2) is 1.96. The summed E-state index contributed by atoms with van der Waals surface area (Å²) in [4.78, 5) is 1.23. The van der Waals surface area contributed by atoms with Gasteiger partial charge in [-0.3, -0.25) is 0 Å². The van der Waals surface area contributed by atoms with Crippen LogP contribution >= 0.6 is 0 Å². The molecular weight excluding hydrogens is 154 g/mol. The second-order valence-electron chi connectivity index (χ2n) is 2.67. The van der Waals surface area contributed by atoms with E-state index in [9.17, 15) is 8.78 Å². The lowest BCUT2D eigenvalue weighted by atomic mass is 9.89. The van der Waals surface area contributed by atoms with Gasteiger partial charge in [0.2, 0.25) is 0 Å². The van der Waals surface area contributed by atoms with Crippen molar-refractivity contribution < 1.29 is 8.78 Å². The summed E-state index contributed by atoms with van der Waals surface area (Å²) in [5.41, 5.74) is 0. The molecule has 4 nitrogen and oxygen atoms in total. The Labute approximate surface area is 61.2 Å². The van der Waals surface area contributed by atoms with Gasteiger partial charge in [0.1, 0.15) is 0 Å². The van der Waals surface area contributed by atoms with Crippen molar-refractivity contribution in [1.29, 1.82) is 0 Å². The lowest BCUT2D eigenvalue weighted by Crippen LogP contribution is -2.38. The average Bonchev–Trinajstić information content (AvgIpc) is 2.32. The predicted octanol–water partition coefficient (Wildman–Crippen LogP) is 0.643. The number of rotatable bonds is 1. The monoisotopic (exact) mass is 160 g/mol. The molecule has 0 amide bonds. The van der Waals surface area contributed by atoms with Crippen molar-refractivity contribution in [3.63, 3.8) is 0 Å². The van der Waals surface area contributed by atoms with E-state index in [2.05, 4.69) is 15.4 Å². The Morgan fingerprint density at radius 2 is 2.18 bits per heavy atom. The van der Waals surface area contributed by atoms with Crippen LogP contribution in [0.2, 0.25) is 0 Å². The van der Waals surface area contributed by atoms with Gasteiger partial charge < -0.3 is 0 Å². The molecule has 1 saturated carbocycles. The van der Waals surface area contributed by atoms with Crippen molar-refractivity contribution in [3.8, 4) is 0 Å². The SMILES string of the molecule is FC1(F)CC(n2ncnn2)C1. The van der Waals surface area contributed by atoms with Crippen molar-refractivity contribution in [2.24, 2.45) is 0 Å². The summed E-state index contributed by atoms with van der Waals surface area (Å²) in [5.74, 6) is -2.52. The Balaban J connectivity index is 2.03. The molecule has 1 fully saturated rings. The first kappa shape index (κ1) is 6.63. The topological polar surface area (TPSA) is 43.6 Å². The Hall–Kier alpha value is -1.07. The Kier molecular flexibility index (Phi) is 1.18. The number of nitrogens with zero attached hydrogens (tertiary/aromatic N) is 4. The van der Waals surface area contributed by atoms with Gasteiger partial charge in [0.15, 0.2) is 6.33 Å². The molecule has 0 unspecified atom stereocenters. The van der Waals surface area contributed by atoms with Crippen molar-refractivity contribution in [2.45, 2.75) is 24.8 Å². The van der Waals surface area contributed by atoms with Gasteiger partial charge in [0.05, 0.1) is 6.04 Å². The van der Waals surface area contributed by atoms with Crippen molar-refractivity contribution >= 4 is 0 Å². The summed E-state index contributed by atoms with van der Waals surface area (Å²) in [5, 5.41) is 10.6.